The molecule has 1 rings (SSSR count). The van der Waals surface area contributed by atoms with Crippen LogP contribution in [0.3, 0.4) is 0 Å². The highest BCUT2D eigenvalue weighted by Crippen LogP contribution is 2.12. The maximum Gasteiger partial charge on any atom is 0.322 e. The van der Waals surface area contributed by atoms with Gasteiger partial charge in [0.05, 0.1) is 25.7 Å². The van der Waals surface area contributed by atoms with Crippen LogP contribution >= 0.6 is 0 Å². The van der Waals surface area contributed by atoms with Crippen molar-refractivity contribution in [1.29, 1.82) is 0 Å². The summed E-state index contributed by atoms with van der Waals surface area (Å²) in [6.45, 7) is 5.50. The van der Waals surface area contributed by atoms with Crippen molar-refractivity contribution >= 4 is 53.2 Å². The zero-order valence-corrected chi connectivity index (χ0v) is 33.1. The zero-order valence-electron chi connectivity index (χ0n) is 33.1. The van der Waals surface area contributed by atoms with Crippen molar-refractivity contribution in [3.63, 3.8) is 0 Å². The number of amides is 8. The number of primary amides is 1. The molecule has 1 aromatic carbocycles. The summed E-state index contributed by atoms with van der Waals surface area (Å²) in [7, 11) is 0. The Labute approximate surface area is 335 Å². The van der Waals surface area contributed by atoms with E-state index in [-0.39, 0.29) is 36.8 Å². The molecular weight excluding hydrogens is 766 g/mol. The Morgan fingerprint density at radius 2 is 1.00 bits per heavy atom. The van der Waals surface area contributed by atoms with Gasteiger partial charge < -0.3 is 69.1 Å². The van der Waals surface area contributed by atoms with Crippen molar-refractivity contribution in [2.45, 2.75) is 103 Å². The van der Waals surface area contributed by atoms with Gasteiger partial charge in [-0.15, -0.1) is 0 Å². The number of aliphatic carboxylic acids is 1. The molecule has 1 aromatic rings. The second-order valence-electron chi connectivity index (χ2n) is 14.4. The number of rotatable bonds is 25. The van der Waals surface area contributed by atoms with Crippen LogP contribution in [0.15, 0.2) is 24.3 Å². The van der Waals surface area contributed by atoms with E-state index in [1.807, 2.05) is 5.32 Å². The third-order valence-electron chi connectivity index (χ3n) is 8.24. The van der Waals surface area contributed by atoms with Crippen LogP contribution in [0.2, 0.25) is 0 Å². The summed E-state index contributed by atoms with van der Waals surface area (Å²) in [5, 5.41) is 53.9. The first-order chi connectivity index (χ1) is 27.1. The van der Waals surface area contributed by atoms with Crippen LogP contribution in [0.1, 0.15) is 59.4 Å². The number of nitrogens with two attached hydrogens (primary N) is 2. The number of phenols is 1. The Bertz CT molecular complexity index is 1610. The van der Waals surface area contributed by atoms with Crippen molar-refractivity contribution in [3.05, 3.63) is 29.8 Å². The number of phenolic OH excluding ortho intramolecular Hbond substituents is 1. The largest absolute Gasteiger partial charge is 0.508 e. The SMILES string of the molecule is CC(C)C[C@H](NC(=O)[C@H](CC(N)=O)NC(=O)[C@H](CO)NC(=O)[C@H](C)NC(=O)[C@H](CC(C)C)NC(=O)[C@@H](N)Cc1ccc(O)cc1)C(=O)N[C@@H](CO)C(=O)NCC(=O)O. The molecular formula is C36H57N9O13. The van der Waals surface area contributed by atoms with E-state index in [4.69, 9.17) is 16.6 Å². The fraction of sp³-hybridized carbons (Fsp3) is 0.583. The highest BCUT2D eigenvalue weighted by atomic mass is 16.4. The number of aromatic hydroxyl groups is 1. The number of nitrogens with one attached hydrogen (secondary N) is 7. The second-order valence-corrected chi connectivity index (χ2v) is 14.4. The molecule has 8 amide bonds. The van der Waals surface area contributed by atoms with Crippen LogP contribution in [0.5, 0.6) is 5.75 Å². The maximum absolute atomic E-state index is 13.4. The van der Waals surface area contributed by atoms with Gasteiger partial charge in [-0.3, -0.25) is 43.2 Å². The predicted molar refractivity (Wildman–Crippen MR) is 205 cm³/mol. The van der Waals surface area contributed by atoms with Crippen LogP contribution in [0.4, 0.5) is 0 Å². The van der Waals surface area contributed by atoms with Gasteiger partial charge in [0.1, 0.15) is 48.5 Å². The van der Waals surface area contributed by atoms with E-state index in [0.717, 1.165) is 0 Å². The summed E-state index contributed by atoms with van der Waals surface area (Å²) >= 11 is 0. The third kappa shape index (κ3) is 18.4. The van der Waals surface area contributed by atoms with Gasteiger partial charge in [0.2, 0.25) is 47.3 Å². The molecule has 58 heavy (non-hydrogen) atoms. The molecule has 0 saturated heterocycles. The van der Waals surface area contributed by atoms with E-state index in [1.54, 1.807) is 39.8 Å². The molecule has 0 spiro atoms. The van der Waals surface area contributed by atoms with E-state index in [0.29, 0.717) is 5.56 Å². The molecule has 0 aliphatic rings. The topological polar surface area (TPSA) is 371 Å². The monoisotopic (exact) mass is 823 g/mol. The van der Waals surface area contributed by atoms with Gasteiger partial charge in [0.15, 0.2) is 0 Å². The van der Waals surface area contributed by atoms with Crippen molar-refractivity contribution in [2.24, 2.45) is 23.3 Å². The summed E-state index contributed by atoms with van der Waals surface area (Å²) in [6.07, 6.45) is -0.585. The smallest absolute Gasteiger partial charge is 0.322 e. The van der Waals surface area contributed by atoms with E-state index >= 15 is 0 Å². The molecule has 0 aliphatic carbocycles. The van der Waals surface area contributed by atoms with Gasteiger partial charge in [-0.25, -0.2) is 0 Å². The Balaban J connectivity index is 3.03. The van der Waals surface area contributed by atoms with Crippen molar-refractivity contribution in [1.82, 2.24) is 37.2 Å². The van der Waals surface area contributed by atoms with Crippen LogP contribution in [0.25, 0.3) is 0 Å². The van der Waals surface area contributed by atoms with Gasteiger partial charge in [-0.1, -0.05) is 39.8 Å². The van der Waals surface area contributed by atoms with E-state index in [1.165, 1.54) is 19.1 Å². The molecule has 22 heteroatoms. The maximum atomic E-state index is 13.4. The molecule has 324 valence electrons. The zero-order chi connectivity index (χ0) is 44.3. The van der Waals surface area contributed by atoms with Gasteiger partial charge in [-0.2, -0.15) is 0 Å². The first-order valence-corrected chi connectivity index (χ1v) is 18.4. The average Bonchev–Trinajstić information content (AvgIpc) is 3.13. The average molecular weight is 824 g/mol. The normalized spacial score (nSPS) is 14.7. The minimum atomic E-state index is -1.75. The lowest BCUT2D eigenvalue weighted by molar-refractivity contribution is -0.139. The molecule has 0 heterocycles. The Morgan fingerprint density at radius 3 is 1.48 bits per heavy atom. The molecule has 0 aromatic heterocycles. The van der Waals surface area contributed by atoms with Gasteiger partial charge in [0.25, 0.3) is 0 Å². The molecule has 15 N–H and O–H groups in total. The molecule has 0 saturated carbocycles. The Hall–Kier alpha value is -5.87. The lowest BCUT2D eigenvalue weighted by Gasteiger charge is -2.27. The number of aliphatic hydroxyl groups excluding tert-OH is 2. The highest BCUT2D eigenvalue weighted by Gasteiger charge is 2.34. The van der Waals surface area contributed by atoms with Gasteiger partial charge in [0, 0.05) is 0 Å². The summed E-state index contributed by atoms with van der Waals surface area (Å²) in [5.74, 6) is -9.39. The Morgan fingerprint density at radius 1 is 0.586 bits per heavy atom. The molecule has 7 atom stereocenters. The fourth-order valence-electron chi connectivity index (χ4n) is 5.24. The molecule has 0 aliphatic heterocycles. The van der Waals surface area contributed by atoms with Crippen molar-refractivity contribution in [3.8, 4) is 5.75 Å². The van der Waals surface area contributed by atoms with Crippen LogP contribution in [0, 0.1) is 11.8 Å². The first-order valence-electron chi connectivity index (χ1n) is 18.4. The van der Waals surface area contributed by atoms with Crippen molar-refractivity contribution < 1.29 is 63.6 Å². The lowest BCUT2D eigenvalue weighted by atomic mass is 10.0. The number of benzene rings is 1. The third-order valence-corrected chi connectivity index (χ3v) is 8.24. The number of carboxylic acids is 1. The summed E-state index contributed by atoms with van der Waals surface area (Å²) in [6, 6.07) is -3.94. The molecule has 22 nitrogen and oxygen atoms in total. The quantitative estimate of drug-likeness (QED) is 0.0441. The highest BCUT2D eigenvalue weighted by molar-refractivity contribution is 5.98. The van der Waals surface area contributed by atoms with Crippen LogP contribution in [-0.4, -0.2) is 136 Å². The van der Waals surface area contributed by atoms with Crippen LogP contribution < -0.4 is 48.7 Å². The standard InChI is InChI=1S/C36H57N9O13/c1-17(2)10-23(41-31(53)22(37)12-20-6-8-21(48)9-7-20)33(55)40-19(5)30(52)44-27(16-47)36(58)43-25(13-28(38)49)35(57)42-24(11-18(3)4)34(56)45-26(15-46)32(54)39-14-29(50)51/h6-9,17-19,22-27,46-48H,10-16,37H2,1-5H3,(H2,38,49)(H,39,54)(H,40,55)(H,41,53)(H,42,57)(H,43,58)(H,44,52)(H,45,56)(H,50,51)/t19-,22-,23-,24-,25-,26-,27-/m0/s1. The number of hydrogen-bond acceptors (Lipinski definition) is 13. The molecule has 0 radical (unpaired) electrons. The minimum absolute atomic E-state index is 0.0338. The molecule has 0 unspecified atom stereocenters. The van der Waals surface area contributed by atoms with Crippen LogP contribution in [-0.2, 0) is 49.6 Å². The first kappa shape index (κ1) is 50.1. The number of carboxylic acid groups (broad SMARTS) is 1. The number of carbonyl (C=O) groups is 9. The number of aliphatic hydroxyl groups is 2. The summed E-state index contributed by atoms with van der Waals surface area (Å²) < 4.78 is 0. The lowest BCUT2D eigenvalue weighted by Crippen LogP contribution is -2.61. The Kier molecular flexibility index (Phi) is 21.4. The van der Waals surface area contributed by atoms with E-state index < -0.39 is 122 Å². The van der Waals surface area contributed by atoms with Crippen molar-refractivity contribution in [2.75, 3.05) is 19.8 Å². The minimum Gasteiger partial charge on any atom is -0.508 e. The number of hydrogen-bond donors (Lipinski definition) is 13. The predicted octanol–water partition coefficient (Wildman–Crippen LogP) is -4.66. The van der Waals surface area contributed by atoms with E-state index in [2.05, 4.69) is 31.9 Å². The van der Waals surface area contributed by atoms with Gasteiger partial charge >= 0.3 is 5.97 Å². The molecule has 0 bridgehead atoms. The molecule has 0 fully saturated rings. The van der Waals surface area contributed by atoms with Gasteiger partial charge in [-0.05, 0) is 55.7 Å². The van der Waals surface area contributed by atoms with E-state index in [9.17, 15) is 58.5 Å². The number of carbonyl (C=O) groups excluding carboxylic acids is 8. The summed E-state index contributed by atoms with van der Waals surface area (Å²) in [4.78, 5) is 114. The second kappa shape index (κ2) is 24.7. The summed E-state index contributed by atoms with van der Waals surface area (Å²) in [5.41, 5.74) is 12.0. The fourth-order valence-corrected chi connectivity index (χ4v) is 5.24.